The molecule has 2 heterocycles. The Morgan fingerprint density at radius 3 is 2.59 bits per heavy atom. The lowest BCUT2D eigenvalue weighted by molar-refractivity contribution is -0.141. The van der Waals surface area contributed by atoms with E-state index in [2.05, 4.69) is 15.0 Å². The molecule has 2 rings (SSSR count). The van der Waals surface area contributed by atoms with Gasteiger partial charge in [0.2, 0.25) is 0 Å². The molecule has 0 radical (unpaired) electrons. The van der Waals surface area contributed by atoms with Crippen molar-refractivity contribution in [3.63, 3.8) is 0 Å². The van der Waals surface area contributed by atoms with Gasteiger partial charge in [-0.05, 0) is 24.5 Å². The predicted octanol–water partition coefficient (Wildman–Crippen LogP) is 3.21. The van der Waals surface area contributed by atoms with Crippen LogP contribution in [0.4, 0.5) is 13.2 Å². The van der Waals surface area contributed by atoms with Crippen LogP contribution >= 0.6 is 11.8 Å². The molecule has 2 aromatic rings. The molecule has 0 unspecified atom stereocenters. The topological polar surface area (TPSA) is 41.6 Å². The van der Waals surface area contributed by atoms with Crippen LogP contribution in [0.3, 0.4) is 0 Å². The average Bonchev–Trinajstić information content (AvgIpc) is 2.80. The van der Waals surface area contributed by atoms with Crippen LogP contribution in [0.15, 0.2) is 29.6 Å². The molecular formula is C10H8F3N3S. The maximum atomic E-state index is 12.6. The first-order valence-electron chi connectivity index (χ1n) is 4.65. The van der Waals surface area contributed by atoms with E-state index in [1.807, 2.05) is 0 Å². The number of hydrogen-bond acceptors (Lipinski definition) is 3. The number of halogens is 3. The van der Waals surface area contributed by atoms with Crippen molar-refractivity contribution in [2.75, 3.05) is 6.26 Å². The Balaban J connectivity index is 2.54. The third kappa shape index (κ3) is 2.60. The fourth-order valence-electron chi connectivity index (χ4n) is 1.29. The number of alkyl halides is 3. The first kappa shape index (κ1) is 12.0. The molecule has 1 N–H and O–H groups in total. The van der Waals surface area contributed by atoms with Crippen molar-refractivity contribution < 1.29 is 13.2 Å². The summed E-state index contributed by atoms with van der Waals surface area (Å²) >= 11 is 1.07. The molecule has 0 amide bonds. The summed E-state index contributed by atoms with van der Waals surface area (Å²) in [6.45, 7) is 0. The quantitative estimate of drug-likeness (QED) is 0.665. The van der Waals surface area contributed by atoms with Gasteiger partial charge in [0.1, 0.15) is 5.69 Å². The SMILES string of the molecule is CSc1nc(-c2ccc[nH]2)cc(C(F)(F)F)n1. The highest BCUT2D eigenvalue weighted by atomic mass is 32.2. The van der Waals surface area contributed by atoms with Crippen LogP contribution < -0.4 is 0 Å². The highest BCUT2D eigenvalue weighted by Crippen LogP contribution is 2.31. The molecule has 2 aromatic heterocycles. The molecule has 0 aliphatic carbocycles. The highest BCUT2D eigenvalue weighted by Gasteiger charge is 2.33. The van der Waals surface area contributed by atoms with E-state index < -0.39 is 11.9 Å². The Hall–Kier alpha value is -1.50. The van der Waals surface area contributed by atoms with Crippen LogP contribution in [-0.4, -0.2) is 21.2 Å². The molecule has 7 heteroatoms. The second-order valence-corrected chi connectivity index (χ2v) is 3.98. The number of H-pyrrole nitrogens is 1. The molecule has 0 aromatic carbocycles. The van der Waals surface area contributed by atoms with Gasteiger partial charge in [0.05, 0.1) is 11.4 Å². The predicted molar refractivity (Wildman–Crippen MR) is 58.6 cm³/mol. The first-order chi connectivity index (χ1) is 8.00. The third-order valence-corrected chi connectivity index (χ3v) is 2.60. The van der Waals surface area contributed by atoms with E-state index in [-0.39, 0.29) is 10.9 Å². The van der Waals surface area contributed by atoms with Crippen molar-refractivity contribution in [2.45, 2.75) is 11.3 Å². The summed E-state index contributed by atoms with van der Waals surface area (Å²) in [6.07, 6.45) is -1.20. The second kappa shape index (κ2) is 4.40. The summed E-state index contributed by atoms with van der Waals surface area (Å²) in [5.74, 6) is 0. The molecular weight excluding hydrogens is 251 g/mol. The number of rotatable bonds is 2. The zero-order valence-corrected chi connectivity index (χ0v) is 9.56. The number of nitrogens with zero attached hydrogens (tertiary/aromatic N) is 2. The molecule has 0 fully saturated rings. The molecule has 0 saturated carbocycles. The van der Waals surface area contributed by atoms with Gasteiger partial charge >= 0.3 is 6.18 Å². The van der Waals surface area contributed by atoms with Crippen LogP contribution in [0.25, 0.3) is 11.4 Å². The van der Waals surface area contributed by atoms with Crippen molar-refractivity contribution in [2.24, 2.45) is 0 Å². The van der Waals surface area contributed by atoms with Crippen molar-refractivity contribution in [3.8, 4) is 11.4 Å². The van der Waals surface area contributed by atoms with E-state index in [0.717, 1.165) is 17.8 Å². The van der Waals surface area contributed by atoms with Crippen molar-refractivity contribution in [1.82, 2.24) is 15.0 Å². The number of aromatic nitrogens is 3. The summed E-state index contributed by atoms with van der Waals surface area (Å²) in [4.78, 5) is 10.3. The van der Waals surface area contributed by atoms with Crippen molar-refractivity contribution in [1.29, 1.82) is 0 Å². The fourth-order valence-corrected chi connectivity index (χ4v) is 1.67. The molecule has 0 aliphatic rings. The van der Waals surface area contributed by atoms with E-state index in [9.17, 15) is 13.2 Å². The van der Waals surface area contributed by atoms with Crippen LogP contribution in [-0.2, 0) is 6.18 Å². The molecule has 0 spiro atoms. The molecule has 90 valence electrons. The van der Waals surface area contributed by atoms with Crippen LogP contribution in [0.5, 0.6) is 0 Å². The molecule has 0 bridgehead atoms. The number of hydrogen-bond donors (Lipinski definition) is 1. The Kier molecular flexibility index (Phi) is 3.10. The number of thioether (sulfide) groups is 1. The largest absolute Gasteiger partial charge is 0.433 e. The van der Waals surface area contributed by atoms with Gasteiger partial charge < -0.3 is 4.98 Å². The van der Waals surface area contributed by atoms with E-state index in [1.165, 1.54) is 0 Å². The van der Waals surface area contributed by atoms with Gasteiger partial charge in [-0.1, -0.05) is 11.8 Å². The third-order valence-electron chi connectivity index (χ3n) is 2.05. The highest BCUT2D eigenvalue weighted by molar-refractivity contribution is 7.98. The standard InChI is InChI=1S/C10H8F3N3S/c1-17-9-15-7(6-3-2-4-14-6)5-8(16-9)10(11,12)13/h2-5,14H,1H3. The summed E-state index contributed by atoms with van der Waals surface area (Å²) in [5.41, 5.74) is -0.156. The van der Waals surface area contributed by atoms with Gasteiger partial charge in [-0.3, -0.25) is 0 Å². The summed E-state index contributed by atoms with van der Waals surface area (Å²) in [5, 5.41) is 0.101. The van der Waals surface area contributed by atoms with Gasteiger partial charge in [-0.15, -0.1) is 0 Å². The molecule has 0 aliphatic heterocycles. The van der Waals surface area contributed by atoms with Crippen LogP contribution in [0, 0.1) is 0 Å². The Morgan fingerprint density at radius 1 is 1.29 bits per heavy atom. The molecule has 17 heavy (non-hydrogen) atoms. The smallest absolute Gasteiger partial charge is 0.360 e. The normalized spacial score (nSPS) is 11.8. The van der Waals surface area contributed by atoms with E-state index in [1.54, 1.807) is 24.6 Å². The lowest BCUT2D eigenvalue weighted by Gasteiger charge is -2.08. The summed E-state index contributed by atoms with van der Waals surface area (Å²) < 4.78 is 37.8. The van der Waals surface area contributed by atoms with Crippen molar-refractivity contribution >= 4 is 11.8 Å². The maximum absolute atomic E-state index is 12.6. The minimum Gasteiger partial charge on any atom is -0.360 e. The minimum atomic E-state index is -4.46. The maximum Gasteiger partial charge on any atom is 0.433 e. The Morgan fingerprint density at radius 2 is 2.06 bits per heavy atom. The van der Waals surface area contributed by atoms with Crippen LogP contribution in [0.1, 0.15) is 5.69 Å². The molecule has 0 saturated heterocycles. The van der Waals surface area contributed by atoms with E-state index in [4.69, 9.17) is 0 Å². The number of aromatic amines is 1. The average molecular weight is 259 g/mol. The van der Waals surface area contributed by atoms with Crippen LogP contribution in [0.2, 0.25) is 0 Å². The van der Waals surface area contributed by atoms with Gasteiger partial charge in [0, 0.05) is 6.20 Å². The first-order valence-corrected chi connectivity index (χ1v) is 5.87. The zero-order chi connectivity index (χ0) is 12.5. The Labute approximate surface area is 99.5 Å². The lowest BCUT2D eigenvalue weighted by Crippen LogP contribution is -2.10. The van der Waals surface area contributed by atoms with E-state index in [0.29, 0.717) is 5.69 Å². The second-order valence-electron chi connectivity index (χ2n) is 3.21. The van der Waals surface area contributed by atoms with Gasteiger partial charge in [-0.25, -0.2) is 9.97 Å². The van der Waals surface area contributed by atoms with Gasteiger partial charge in [0.25, 0.3) is 0 Å². The molecule has 0 atom stereocenters. The van der Waals surface area contributed by atoms with Gasteiger partial charge in [-0.2, -0.15) is 13.2 Å². The lowest BCUT2D eigenvalue weighted by atomic mass is 10.2. The monoisotopic (exact) mass is 259 g/mol. The van der Waals surface area contributed by atoms with Gasteiger partial charge in [0.15, 0.2) is 5.16 Å². The minimum absolute atomic E-state index is 0.101. The zero-order valence-electron chi connectivity index (χ0n) is 8.75. The Bertz CT molecular complexity index is 508. The number of nitrogens with one attached hydrogen (secondary N) is 1. The summed E-state index contributed by atoms with van der Waals surface area (Å²) in [7, 11) is 0. The summed E-state index contributed by atoms with van der Waals surface area (Å²) in [6, 6.07) is 4.29. The van der Waals surface area contributed by atoms with E-state index >= 15 is 0 Å². The molecule has 3 nitrogen and oxygen atoms in total. The van der Waals surface area contributed by atoms with Crippen molar-refractivity contribution in [3.05, 3.63) is 30.1 Å². The fraction of sp³-hybridized carbons (Fsp3) is 0.200.